The van der Waals surface area contributed by atoms with Gasteiger partial charge in [0.2, 0.25) is 0 Å². The predicted molar refractivity (Wildman–Crippen MR) is 114 cm³/mol. The molecule has 1 aromatic heterocycles. The summed E-state index contributed by atoms with van der Waals surface area (Å²) in [5, 5.41) is 2.46. The number of rotatable bonds is 5. The number of anilines is 1. The van der Waals surface area contributed by atoms with Gasteiger partial charge in [0.25, 0.3) is 15.9 Å². The molecule has 3 aromatic rings. The lowest BCUT2D eigenvalue weighted by Gasteiger charge is -2.25. The number of thiophene rings is 1. The molecule has 1 N–H and O–H groups in total. The van der Waals surface area contributed by atoms with Crippen molar-refractivity contribution in [3.63, 3.8) is 0 Å². The first-order valence-corrected chi connectivity index (χ1v) is 11.6. The van der Waals surface area contributed by atoms with Crippen LogP contribution < -0.4 is 5.32 Å². The minimum Gasteiger partial charge on any atom is -0.379 e. The van der Waals surface area contributed by atoms with E-state index in [2.05, 4.69) is 5.32 Å². The number of halogens is 2. The highest BCUT2D eigenvalue weighted by Gasteiger charge is 2.28. The summed E-state index contributed by atoms with van der Waals surface area (Å²) >= 11 is 1.11. The molecule has 0 bridgehead atoms. The van der Waals surface area contributed by atoms with Crippen LogP contribution in [-0.2, 0) is 14.8 Å². The Labute approximate surface area is 182 Å². The lowest BCUT2D eigenvalue weighted by atomic mass is 10.1. The molecule has 10 heteroatoms. The van der Waals surface area contributed by atoms with Gasteiger partial charge in [0.05, 0.1) is 13.2 Å². The number of carbonyl (C=O) groups is 1. The van der Waals surface area contributed by atoms with Crippen molar-refractivity contribution >= 4 is 33.0 Å². The minimum absolute atomic E-state index is 0.00270. The van der Waals surface area contributed by atoms with Crippen LogP contribution in [0, 0.1) is 11.6 Å². The quantitative estimate of drug-likeness (QED) is 0.620. The maximum absolute atomic E-state index is 13.4. The van der Waals surface area contributed by atoms with Crippen LogP contribution in [-0.4, -0.2) is 44.9 Å². The highest BCUT2D eigenvalue weighted by molar-refractivity contribution is 7.91. The molecular weight excluding hydrogens is 446 g/mol. The number of hydrogen-bond acceptors (Lipinski definition) is 5. The van der Waals surface area contributed by atoms with Gasteiger partial charge in [-0.05, 0) is 42.0 Å². The second kappa shape index (κ2) is 8.83. The molecule has 4 rings (SSSR count). The fourth-order valence-corrected chi connectivity index (χ4v) is 6.04. The molecule has 0 unspecified atom stereocenters. The molecule has 0 radical (unpaired) electrons. The van der Waals surface area contributed by atoms with Crippen LogP contribution in [0.1, 0.15) is 10.4 Å². The third kappa shape index (κ3) is 4.82. The summed E-state index contributed by atoms with van der Waals surface area (Å²) in [6.45, 7) is 1.35. The number of morpholine rings is 1. The van der Waals surface area contributed by atoms with Crippen molar-refractivity contribution in [2.75, 3.05) is 31.6 Å². The number of sulfonamides is 1. The van der Waals surface area contributed by atoms with Crippen molar-refractivity contribution in [3.8, 4) is 10.4 Å². The number of nitrogens with zero attached hydrogens (tertiary/aromatic N) is 1. The molecule has 1 saturated heterocycles. The molecule has 0 spiro atoms. The molecule has 1 aliphatic heterocycles. The fourth-order valence-electron chi connectivity index (χ4n) is 3.17. The highest BCUT2D eigenvalue weighted by Crippen LogP contribution is 2.33. The molecule has 2 heterocycles. The van der Waals surface area contributed by atoms with Crippen molar-refractivity contribution in [2.24, 2.45) is 0 Å². The van der Waals surface area contributed by atoms with E-state index in [1.165, 1.54) is 4.31 Å². The molecular formula is C21H18F2N2O4S2. The monoisotopic (exact) mass is 464 g/mol. The van der Waals surface area contributed by atoms with E-state index in [9.17, 15) is 22.0 Å². The Morgan fingerprint density at radius 2 is 1.71 bits per heavy atom. The molecule has 1 aliphatic rings. The van der Waals surface area contributed by atoms with Gasteiger partial charge in [-0.3, -0.25) is 4.79 Å². The number of benzene rings is 2. The lowest BCUT2D eigenvalue weighted by molar-refractivity contribution is 0.0731. The van der Waals surface area contributed by atoms with Crippen molar-refractivity contribution in [2.45, 2.75) is 4.21 Å². The van der Waals surface area contributed by atoms with E-state index in [1.54, 1.807) is 36.4 Å². The van der Waals surface area contributed by atoms with Crippen LogP contribution >= 0.6 is 11.3 Å². The van der Waals surface area contributed by atoms with E-state index in [4.69, 9.17) is 4.74 Å². The van der Waals surface area contributed by atoms with Gasteiger partial charge in [0.15, 0.2) is 0 Å². The van der Waals surface area contributed by atoms with Gasteiger partial charge in [-0.1, -0.05) is 12.1 Å². The molecule has 0 aliphatic carbocycles. The average molecular weight is 465 g/mol. The molecule has 0 saturated carbocycles. The Morgan fingerprint density at radius 1 is 1.00 bits per heavy atom. The first-order chi connectivity index (χ1) is 14.8. The van der Waals surface area contributed by atoms with Gasteiger partial charge in [-0.25, -0.2) is 17.2 Å². The van der Waals surface area contributed by atoms with Crippen LogP contribution in [0.5, 0.6) is 0 Å². The van der Waals surface area contributed by atoms with Crippen LogP contribution in [0.2, 0.25) is 0 Å². The van der Waals surface area contributed by atoms with Gasteiger partial charge in [-0.2, -0.15) is 4.31 Å². The zero-order valence-electron chi connectivity index (χ0n) is 16.2. The zero-order valence-corrected chi connectivity index (χ0v) is 17.8. The predicted octanol–water partition coefficient (Wildman–Crippen LogP) is 3.97. The first-order valence-electron chi connectivity index (χ1n) is 9.38. The van der Waals surface area contributed by atoms with Gasteiger partial charge in [-0.15, -0.1) is 11.3 Å². The largest absolute Gasteiger partial charge is 0.379 e. The maximum atomic E-state index is 13.4. The van der Waals surface area contributed by atoms with Crippen LogP contribution in [0.25, 0.3) is 10.4 Å². The number of hydrogen-bond donors (Lipinski definition) is 1. The molecule has 2 aromatic carbocycles. The number of ether oxygens (including phenoxy) is 1. The van der Waals surface area contributed by atoms with Gasteiger partial charge in [0, 0.05) is 35.3 Å². The van der Waals surface area contributed by atoms with E-state index >= 15 is 0 Å². The molecule has 6 nitrogen and oxygen atoms in total. The Hall–Kier alpha value is -2.66. The van der Waals surface area contributed by atoms with Crippen molar-refractivity contribution < 1.29 is 26.7 Å². The summed E-state index contributed by atoms with van der Waals surface area (Å²) in [4.78, 5) is 13.2. The summed E-state index contributed by atoms with van der Waals surface area (Å²) in [6, 6.07) is 12.6. The van der Waals surface area contributed by atoms with Crippen LogP contribution in [0.4, 0.5) is 14.5 Å². The Balaban J connectivity index is 1.55. The normalized spacial score (nSPS) is 15.0. The third-order valence-corrected chi connectivity index (χ3v) is 8.18. The van der Waals surface area contributed by atoms with Gasteiger partial charge < -0.3 is 10.1 Å². The summed E-state index contributed by atoms with van der Waals surface area (Å²) in [6.07, 6.45) is 0. The summed E-state index contributed by atoms with van der Waals surface area (Å²) in [7, 11) is -3.60. The van der Waals surface area contributed by atoms with E-state index < -0.39 is 27.6 Å². The maximum Gasteiger partial charge on any atom is 0.255 e. The second-order valence-corrected chi connectivity index (χ2v) is 10.1. The molecule has 0 atom stereocenters. The fraction of sp³-hybridized carbons (Fsp3) is 0.190. The zero-order chi connectivity index (χ0) is 22.0. The van der Waals surface area contributed by atoms with E-state index in [-0.39, 0.29) is 15.5 Å². The van der Waals surface area contributed by atoms with Crippen molar-refractivity contribution in [1.29, 1.82) is 0 Å². The minimum atomic E-state index is -3.60. The molecule has 162 valence electrons. The van der Waals surface area contributed by atoms with Gasteiger partial charge >= 0.3 is 0 Å². The van der Waals surface area contributed by atoms with Crippen LogP contribution in [0.3, 0.4) is 0 Å². The average Bonchev–Trinajstić information content (AvgIpc) is 3.25. The summed E-state index contributed by atoms with van der Waals surface area (Å²) in [5.41, 5.74) is 0.933. The third-order valence-electron chi connectivity index (χ3n) is 4.68. The standard InChI is InChI=1S/C21H18F2N2O4S2/c22-16-11-17(23)13-18(12-16)24-21(26)15-3-1-2-14(10-15)19-4-5-20(30-19)31(27,28)25-6-8-29-9-7-25/h1-5,10-13H,6-9H2,(H,24,26). The molecule has 1 amide bonds. The smallest absolute Gasteiger partial charge is 0.255 e. The number of amides is 1. The second-order valence-electron chi connectivity index (χ2n) is 6.83. The van der Waals surface area contributed by atoms with E-state index in [1.807, 2.05) is 0 Å². The highest BCUT2D eigenvalue weighted by atomic mass is 32.2. The Kier molecular flexibility index (Phi) is 6.15. The summed E-state index contributed by atoms with van der Waals surface area (Å²) in [5.74, 6) is -2.13. The molecule has 31 heavy (non-hydrogen) atoms. The topological polar surface area (TPSA) is 75.7 Å². The number of nitrogens with one attached hydrogen (secondary N) is 1. The number of carbonyl (C=O) groups excluding carboxylic acids is 1. The lowest BCUT2D eigenvalue weighted by Crippen LogP contribution is -2.40. The van der Waals surface area contributed by atoms with Crippen molar-refractivity contribution in [1.82, 2.24) is 4.31 Å². The van der Waals surface area contributed by atoms with E-state index in [0.29, 0.717) is 36.7 Å². The van der Waals surface area contributed by atoms with Crippen molar-refractivity contribution in [3.05, 3.63) is 71.8 Å². The first kappa shape index (κ1) is 21.6. The Bertz CT molecular complexity index is 1200. The summed E-state index contributed by atoms with van der Waals surface area (Å²) < 4.78 is 59.2. The van der Waals surface area contributed by atoms with Crippen LogP contribution in [0.15, 0.2) is 58.8 Å². The SMILES string of the molecule is O=C(Nc1cc(F)cc(F)c1)c1cccc(-c2ccc(S(=O)(=O)N3CCOCC3)s2)c1. The Morgan fingerprint density at radius 3 is 2.42 bits per heavy atom. The van der Waals surface area contributed by atoms with E-state index in [0.717, 1.165) is 29.5 Å². The van der Waals surface area contributed by atoms with Gasteiger partial charge in [0.1, 0.15) is 15.8 Å². The molecule has 1 fully saturated rings.